The van der Waals surface area contributed by atoms with Crippen LogP contribution in [0.4, 0.5) is 4.39 Å². The van der Waals surface area contributed by atoms with Gasteiger partial charge in [-0.2, -0.15) is 0 Å². The Morgan fingerprint density at radius 2 is 2.50 bits per heavy atom. The predicted octanol–water partition coefficient (Wildman–Crippen LogP) is 2.69. The van der Waals surface area contributed by atoms with Crippen molar-refractivity contribution >= 4 is 23.0 Å². The monoisotopic (exact) mass is 311 g/mol. The smallest absolute Gasteiger partial charge is 0.109 e. The largest absolute Gasteiger partial charge is 0.314 e. The van der Waals surface area contributed by atoms with Crippen molar-refractivity contribution in [2.45, 2.75) is 24.8 Å². The maximum absolute atomic E-state index is 12.1. The van der Waals surface area contributed by atoms with Gasteiger partial charge in [-0.05, 0) is 31.7 Å². The van der Waals surface area contributed by atoms with Gasteiger partial charge in [0.1, 0.15) is 23.0 Å². The summed E-state index contributed by atoms with van der Waals surface area (Å²) in [5.41, 5.74) is 0.214. The molecule has 4 heteroatoms. The van der Waals surface area contributed by atoms with Gasteiger partial charge >= 0.3 is 0 Å². The number of hydrogen-bond donors (Lipinski definition) is 0. The lowest BCUT2D eigenvalue weighted by molar-refractivity contribution is 0.139. The van der Waals surface area contributed by atoms with Gasteiger partial charge in [0.05, 0.1) is 12.9 Å². The summed E-state index contributed by atoms with van der Waals surface area (Å²) in [6.45, 7) is 2.93. The summed E-state index contributed by atoms with van der Waals surface area (Å²) in [7, 11) is 0. The van der Waals surface area contributed by atoms with E-state index in [1.54, 1.807) is 6.08 Å². The summed E-state index contributed by atoms with van der Waals surface area (Å²) in [4.78, 5) is 2.47. The zero-order valence-electron chi connectivity index (χ0n) is 8.09. The van der Waals surface area contributed by atoms with E-state index < -0.39 is 0 Å². The van der Waals surface area contributed by atoms with Crippen LogP contribution >= 0.6 is 23.0 Å². The highest BCUT2D eigenvalue weighted by molar-refractivity contribution is 14.1. The van der Waals surface area contributed by atoms with Crippen molar-refractivity contribution in [2.75, 3.05) is 19.7 Å². The fourth-order valence-electron chi connectivity index (χ4n) is 2.90. The van der Waals surface area contributed by atoms with Gasteiger partial charge in [-0.25, -0.2) is 4.39 Å². The summed E-state index contributed by atoms with van der Waals surface area (Å²) in [5.74, 6) is 0.381. The first kappa shape index (κ1) is 10.8. The minimum Gasteiger partial charge on any atom is -0.314 e. The van der Waals surface area contributed by atoms with E-state index in [1.807, 2.05) is 23.0 Å². The Bertz CT molecular complexity index is 236. The fraction of sp³-hybridized carbons (Fsp3) is 0.800. The standard InChI is InChI=1S/C10H15FINO/c11-4-2-9-6-10(8-14-12)3-1-5-13(10)7-9/h2,4,9H,1,3,5-8H2/b4-2+. The van der Waals surface area contributed by atoms with Gasteiger partial charge in [0.2, 0.25) is 0 Å². The molecule has 2 aliphatic rings. The van der Waals surface area contributed by atoms with Crippen LogP contribution in [0, 0.1) is 5.92 Å². The summed E-state index contributed by atoms with van der Waals surface area (Å²) >= 11 is 1.96. The maximum atomic E-state index is 12.1. The highest BCUT2D eigenvalue weighted by Crippen LogP contribution is 2.42. The van der Waals surface area contributed by atoms with Crippen LogP contribution in [-0.2, 0) is 3.07 Å². The number of nitrogens with zero attached hydrogens (tertiary/aromatic N) is 1. The fourth-order valence-corrected chi connectivity index (χ4v) is 3.48. The van der Waals surface area contributed by atoms with E-state index in [9.17, 15) is 4.39 Å². The van der Waals surface area contributed by atoms with Crippen LogP contribution in [0.25, 0.3) is 0 Å². The normalized spacial score (nSPS) is 38.3. The van der Waals surface area contributed by atoms with Crippen molar-refractivity contribution in [3.05, 3.63) is 12.4 Å². The van der Waals surface area contributed by atoms with E-state index in [2.05, 4.69) is 4.90 Å². The molecule has 2 aliphatic heterocycles. The summed E-state index contributed by atoms with van der Waals surface area (Å²) in [6, 6.07) is 0. The lowest BCUT2D eigenvalue weighted by Crippen LogP contribution is -2.41. The quantitative estimate of drug-likeness (QED) is 0.743. The third-order valence-corrected chi connectivity index (χ3v) is 3.82. The van der Waals surface area contributed by atoms with E-state index in [1.165, 1.54) is 12.8 Å². The summed E-state index contributed by atoms with van der Waals surface area (Å²) in [6.07, 6.45) is 5.88. The van der Waals surface area contributed by atoms with Crippen LogP contribution < -0.4 is 0 Å². The van der Waals surface area contributed by atoms with E-state index in [0.717, 1.165) is 26.1 Å². The van der Waals surface area contributed by atoms with Crippen LogP contribution in [0.1, 0.15) is 19.3 Å². The average Bonchev–Trinajstić information content (AvgIpc) is 2.61. The molecule has 0 spiro atoms. The van der Waals surface area contributed by atoms with E-state index in [0.29, 0.717) is 12.2 Å². The van der Waals surface area contributed by atoms with Crippen molar-refractivity contribution in [3.8, 4) is 0 Å². The number of fused-ring (bicyclic) bond motifs is 1. The lowest BCUT2D eigenvalue weighted by Gasteiger charge is -2.30. The van der Waals surface area contributed by atoms with Gasteiger partial charge in [0, 0.05) is 12.1 Å². The molecule has 2 nitrogen and oxygen atoms in total. The Labute approximate surface area is 98.2 Å². The topological polar surface area (TPSA) is 12.5 Å². The molecule has 0 aromatic carbocycles. The second-order valence-electron chi connectivity index (χ2n) is 4.31. The zero-order chi connectivity index (χ0) is 10.0. The predicted molar refractivity (Wildman–Crippen MR) is 61.9 cm³/mol. The van der Waals surface area contributed by atoms with Crippen molar-refractivity contribution in [1.82, 2.24) is 4.90 Å². The van der Waals surface area contributed by atoms with Gasteiger partial charge in [0.15, 0.2) is 0 Å². The third kappa shape index (κ3) is 1.84. The minimum absolute atomic E-state index is 0.214. The molecule has 2 heterocycles. The van der Waals surface area contributed by atoms with Crippen molar-refractivity contribution in [2.24, 2.45) is 5.92 Å². The Morgan fingerprint density at radius 1 is 1.64 bits per heavy atom. The molecule has 2 unspecified atom stereocenters. The molecule has 80 valence electrons. The zero-order valence-corrected chi connectivity index (χ0v) is 10.2. The van der Waals surface area contributed by atoms with Gasteiger partial charge in [-0.1, -0.05) is 6.08 Å². The first-order valence-corrected chi connectivity index (χ1v) is 5.94. The van der Waals surface area contributed by atoms with Gasteiger partial charge in [-0.3, -0.25) is 4.90 Å². The number of halogens is 2. The number of hydrogen-bond acceptors (Lipinski definition) is 2. The third-order valence-electron chi connectivity index (χ3n) is 3.51. The van der Waals surface area contributed by atoms with Crippen LogP contribution in [0.5, 0.6) is 0 Å². The molecule has 2 fully saturated rings. The molecule has 2 saturated heterocycles. The summed E-state index contributed by atoms with van der Waals surface area (Å²) < 4.78 is 17.4. The van der Waals surface area contributed by atoms with Gasteiger partial charge in [-0.15, -0.1) is 0 Å². The Balaban J connectivity index is 2.06. The summed E-state index contributed by atoms with van der Waals surface area (Å²) in [5, 5.41) is 0. The van der Waals surface area contributed by atoms with E-state index >= 15 is 0 Å². The Kier molecular flexibility index (Phi) is 3.44. The molecule has 2 atom stereocenters. The first-order chi connectivity index (χ1) is 6.80. The van der Waals surface area contributed by atoms with E-state index in [4.69, 9.17) is 3.07 Å². The minimum atomic E-state index is 0.214. The molecule has 0 saturated carbocycles. The Morgan fingerprint density at radius 3 is 3.21 bits per heavy atom. The SMILES string of the molecule is F/C=C/C1CN2CCCC2(COI)C1. The molecule has 0 amide bonds. The second-order valence-corrected chi connectivity index (χ2v) is 4.93. The van der Waals surface area contributed by atoms with Gasteiger partial charge < -0.3 is 3.07 Å². The maximum Gasteiger partial charge on any atom is 0.109 e. The van der Waals surface area contributed by atoms with Crippen LogP contribution in [0.3, 0.4) is 0 Å². The molecule has 0 aromatic rings. The lowest BCUT2D eigenvalue weighted by atomic mass is 9.91. The van der Waals surface area contributed by atoms with Crippen LogP contribution in [-0.4, -0.2) is 30.1 Å². The molecule has 0 radical (unpaired) electrons. The molecular formula is C10H15FINO. The molecule has 0 bridgehead atoms. The van der Waals surface area contributed by atoms with Crippen molar-refractivity contribution in [1.29, 1.82) is 0 Å². The van der Waals surface area contributed by atoms with Crippen LogP contribution in [0.2, 0.25) is 0 Å². The molecular weight excluding hydrogens is 296 g/mol. The van der Waals surface area contributed by atoms with Crippen LogP contribution in [0.15, 0.2) is 12.4 Å². The average molecular weight is 311 g/mol. The van der Waals surface area contributed by atoms with E-state index in [-0.39, 0.29) is 5.54 Å². The van der Waals surface area contributed by atoms with Gasteiger partial charge in [0.25, 0.3) is 0 Å². The molecule has 0 aliphatic carbocycles. The molecule has 0 aromatic heterocycles. The first-order valence-electron chi connectivity index (χ1n) is 5.06. The number of rotatable bonds is 3. The molecule has 2 rings (SSSR count). The van der Waals surface area contributed by atoms with Crippen molar-refractivity contribution < 1.29 is 7.46 Å². The molecule has 14 heavy (non-hydrogen) atoms. The second kappa shape index (κ2) is 4.45. The Hall–Kier alpha value is 0.320. The highest BCUT2D eigenvalue weighted by atomic mass is 127. The highest BCUT2D eigenvalue weighted by Gasteiger charge is 2.47. The molecule has 0 N–H and O–H groups in total. The van der Waals surface area contributed by atoms with Crippen molar-refractivity contribution in [3.63, 3.8) is 0 Å².